The van der Waals surface area contributed by atoms with Crippen molar-refractivity contribution in [2.75, 3.05) is 4.90 Å². The van der Waals surface area contributed by atoms with E-state index in [1.807, 2.05) is 30.3 Å². The monoisotopic (exact) mass is 603 g/mol. The van der Waals surface area contributed by atoms with Crippen molar-refractivity contribution >= 4 is 28.9 Å². The predicted octanol–water partition coefficient (Wildman–Crippen LogP) is 8.98. The van der Waals surface area contributed by atoms with Crippen LogP contribution in [0.15, 0.2) is 122 Å². The van der Waals surface area contributed by atoms with Crippen LogP contribution in [0.5, 0.6) is 11.5 Å². The maximum Gasteiger partial charge on any atom is 0.335 e. The molecule has 1 unspecified atom stereocenters. The number of benzene rings is 4. The second-order valence-electron chi connectivity index (χ2n) is 10.6. The van der Waals surface area contributed by atoms with Gasteiger partial charge in [0.25, 0.3) is 0 Å². The number of rotatable bonds is 9. The molecule has 0 heterocycles. The van der Waals surface area contributed by atoms with Crippen LogP contribution in [0.25, 0.3) is 16.7 Å². The standard InChI is InChI=1S/C38H31F2NO4/c1-5-37(42)44-35-17-11-28(22-33(35)39)26-7-13-30(14-8-26)41(32-20-24(3)19-25(4)21-32)31-15-9-27(10-16-31)29-12-18-36(34(40)23-29)45-38(43)6-2/h5-15,17-23,31H,1-2,16H2,3-4H3. The molecule has 0 aliphatic heterocycles. The van der Waals surface area contributed by atoms with Crippen LogP contribution in [0.4, 0.5) is 20.2 Å². The number of aryl methyl sites for hydroxylation is 2. The van der Waals surface area contributed by atoms with Gasteiger partial charge in [-0.3, -0.25) is 0 Å². The Morgan fingerprint density at radius 1 is 0.733 bits per heavy atom. The predicted molar refractivity (Wildman–Crippen MR) is 173 cm³/mol. The van der Waals surface area contributed by atoms with E-state index in [4.69, 9.17) is 9.47 Å². The van der Waals surface area contributed by atoms with Crippen LogP contribution in [0.3, 0.4) is 0 Å². The lowest BCUT2D eigenvalue weighted by atomic mass is 9.95. The molecule has 1 aliphatic rings. The normalized spacial score (nSPS) is 13.9. The molecule has 4 aromatic rings. The number of allylic oxidation sites excluding steroid dienone is 2. The molecule has 0 radical (unpaired) electrons. The molecule has 0 aromatic heterocycles. The molecule has 45 heavy (non-hydrogen) atoms. The second kappa shape index (κ2) is 13.4. The molecule has 5 rings (SSSR count). The summed E-state index contributed by atoms with van der Waals surface area (Å²) < 4.78 is 39.2. The summed E-state index contributed by atoms with van der Waals surface area (Å²) in [5.41, 5.74) is 7.17. The highest BCUT2D eigenvalue weighted by molar-refractivity contribution is 5.84. The van der Waals surface area contributed by atoms with Gasteiger partial charge in [-0.05, 0) is 102 Å². The average Bonchev–Trinajstić information content (AvgIpc) is 3.03. The summed E-state index contributed by atoms with van der Waals surface area (Å²) >= 11 is 0. The molecule has 4 aromatic carbocycles. The van der Waals surface area contributed by atoms with Crippen molar-refractivity contribution in [2.45, 2.75) is 26.3 Å². The first-order valence-electron chi connectivity index (χ1n) is 14.3. The first kappa shape index (κ1) is 30.9. The number of hydrogen-bond donors (Lipinski definition) is 0. The van der Waals surface area contributed by atoms with Gasteiger partial charge in [-0.2, -0.15) is 0 Å². The number of halogens is 2. The molecule has 1 aliphatic carbocycles. The highest BCUT2D eigenvalue weighted by atomic mass is 19.1. The summed E-state index contributed by atoms with van der Waals surface area (Å²) in [4.78, 5) is 25.2. The summed E-state index contributed by atoms with van der Waals surface area (Å²) in [5.74, 6) is -3.05. The Bertz CT molecular complexity index is 1840. The summed E-state index contributed by atoms with van der Waals surface area (Å²) in [6, 6.07) is 23.1. The zero-order chi connectivity index (χ0) is 32.1. The molecule has 0 saturated carbocycles. The Labute approximate surface area is 261 Å². The van der Waals surface area contributed by atoms with Gasteiger partial charge < -0.3 is 14.4 Å². The van der Waals surface area contributed by atoms with E-state index < -0.39 is 23.6 Å². The van der Waals surface area contributed by atoms with E-state index in [0.29, 0.717) is 17.5 Å². The number of hydrogen-bond acceptors (Lipinski definition) is 5. The van der Waals surface area contributed by atoms with Gasteiger partial charge in [0.05, 0.1) is 6.04 Å². The van der Waals surface area contributed by atoms with E-state index in [1.54, 1.807) is 12.1 Å². The zero-order valence-corrected chi connectivity index (χ0v) is 24.9. The topological polar surface area (TPSA) is 55.8 Å². The van der Waals surface area contributed by atoms with Gasteiger partial charge in [0.15, 0.2) is 23.1 Å². The molecule has 1 atom stereocenters. The molecule has 226 valence electrons. The molecular formula is C38H31F2NO4. The number of anilines is 2. The largest absolute Gasteiger partial charge is 0.420 e. The molecule has 7 heteroatoms. The molecule has 0 amide bonds. The van der Waals surface area contributed by atoms with Crippen molar-refractivity contribution in [1.82, 2.24) is 0 Å². The molecular weight excluding hydrogens is 572 g/mol. The maximum atomic E-state index is 14.7. The van der Waals surface area contributed by atoms with Crippen LogP contribution in [0, 0.1) is 25.5 Å². The fourth-order valence-electron chi connectivity index (χ4n) is 5.28. The number of ether oxygens (including phenoxy) is 2. The Morgan fingerprint density at radius 3 is 1.78 bits per heavy atom. The second-order valence-corrected chi connectivity index (χ2v) is 10.6. The van der Waals surface area contributed by atoms with Crippen LogP contribution < -0.4 is 14.4 Å². The first-order valence-corrected chi connectivity index (χ1v) is 14.3. The van der Waals surface area contributed by atoms with Crippen molar-refractivity contribution in [1.29, 1.82) is 0 Å². The van der Waals surface area contributed by atoms with Crippen molar-refractivity contribution in [3.05, 3.63) is 151 Å². The van der Waals surface area contributed by atoms with Gasteiger partial charge in [0.2, 0.25) is 0 Å². The SMILES string of the molecule is C=CC(=O)Oc1ccc(C2=CCC(N(c3ccc(-c4ccc(OC(=O)C=C)c(F)c4)cc3)c3cc(C)cc(C)c3)C=C2)cc1F. The number of esters is 2. The van der Waals surface area contributed by atoms with Crippen LogP contribution in [0.2, 0.25) is 0 Å². The molecule has 0 spiro atoms. The number of nitrogens with zero attached hydrogens (tertiary/aromatic N) is 1. The van der Waals surface area contributed by atoms with E-state index in [-0.39, 0.29) is 17.5 Å². The summed E-state index contributed by atoms with van der Waals surface area (Å²) in [6.45, 7) is 10.8. The fraction of sp³-hybridized carbons (Fsp3) is 0.105. The lowest BCUT2D eigenvalue weighted by molar-refractivity contribution is -0.130. The smallest absolute Gasteiger partial charge is 0.335 e. The summed E-state index contributed by atoms with van der Waals surface area (Å²) in [6.07, 6.45) is 8.72. The third-order valence-electron chi connectivity index (χ3n) is 7.32. The minimum atomic E-state index is -0.729. The van der Waals surface area contributed by atoms with Gasteiger partial charge in [0.1, 0.15) is 0 Å². The van der Waals surface area contributed by atoms with Crippen molar-refractivity contribution in [2.24, 2.45) is 0 Å². The van der Waals surface area contributed by atoms with Crippen LogP contribution in [0.1, 0.15) is 23.1 Å². The lowest BCUT2D eigenvalue weighted by Crippen LogP contribution is -2.30. The van der Waals surface area contributed by atoms with E-state index >= 15 is 0 Å². The van der Waals surface area contributed by atoms with E-state index in [2.05, 4.69) is 62.3 Å². The molecule has 0 fully saturated rings. The highest BCUT2D eigenvalue weighted by Crippen LogP contribution is 2.36. The number of carbonyl (C=O) groups is 2. The van der Waals surface area contributed by atoms with Gasteiger partial charge in [-0.25, -0.2) is 18.4 Å². The van der Waals surface area contributed by atoms with Crippen LogP contribution in [-0.2, 0) is 9.59 Å². The maximum absolute atomic E-state index is 14.7. The summed E-state index contributed by atoms with van der Waals surface area (Å²) in [7, 11) is 0. The van der Waals surface area contributed by atoms with Crippen molar-refractivity contribution < 1.29 is 27.8 Å². The molecule has 0 N–H and O–H groups in total. The minimum Gasteiger partial charge on any atom is -0.420 e. The Hall–Kier alpha value is -5.56. The van der Waals surface area contributed by atoms with Crippen LogP contribution in [-0.4, -0.2) is 18.0 Å². The van der Waals surface area contributed by atoms with Crippen molar-refractivity contribution in [3.8, 4) is 22.6 Å². The number of carbonyl (C=O) groups excluding carboxylic acids is 2. The third-order valence-corrected chi connectivity index (χ3v) is 7.32. The van der Waals surface area contributed by atoms with Gasteiger partial charge in [0, 0.05) is 23.5 Å². The van der Waals surface area contributed by atoms with Gasteiger partial charge in [-0.15, -0.1) is 0 Å². The van der Waals surface area contributed by atoms with Crippen molar-refractivity contribution in [3.63, 3.8) is 0 Å². The quantitative estimate of drug-likeness (QED) is 0.109. The molecule has 0 bridgehead atoms. The summed E-state index contributed by atoms with van der Waals surface area (Å²) in [5, 5.41) is 0. The fourth-order valence-corrected chi connectivity index (χ4v) is 5.28. The zero-order valence-electron chi connectivity index (χ0n) is 24.9. The first-order chi connectivity index (χ1) is 21.6. The Kier molecular flexibility index (Phi) is 9.19. The Balaban J connectivity index is 1.42. The van der Waals surface area contributed by atoms with Crippen LogP contribution >= 0.6 is 0 Å². The van der Waals surface area contributed by atoms with E-state index in [0.717, 1.165) is 45.8 Å². The van der Waals surface area contributed by atoms with Gasteiger partial charge in [-0.1, -0.05) is 61.7 Å². The van der Waals surface area contributed by atoms with E-state index in [1.165, 1.54) is 24.3 Å². The average molecular weight is 604 g/mol. The molecule has 0 saturated heterocycles. The Morgan fingerprint density at radius 2 is 1.27 bits per heavy atom. The third kappa shape index (κ3) is 7.16. The lowest BCUT2D eigenvalue weighted by Gasteiger charge is -2.34. The van der Waals surface area contributed by atoms with Gasteiger partial charge >= 0.3 is 11.9 Å². The molecule has 5 nitrogen and oxygen atoms in total. The van der Waals surface area contributed by atoms with E-state index in [9.17, 15) is 18.4 Å². The highest BCUT2D eigenvalue weighted by Gasteiger charge is 2.22. The minimum absolute atomic E-state index is 0.0465.